The van der Waals surface area contributed by atoms with Crippen LogP contribution in [0.25, 0.3) is 0 Å². The van der Waals surface area contributed by atoms with E-state index in [1.165, 1.54) is 11.8 Å². The van der Waals surface area contributed by atoms with Gasteiger partial charge in [0.2, 0.25) is 0 Å². The number of benzene rings is 1. The quantitative estimate of drug-likeness (QED) is 0.831. The Morgan fingerprint density at radius 3 is 2.80 bits per heavy atom. The molecule has 0 saturated carbocycles. The predicted octanol–water partition coefficient (Wildman–Crippen LogP) is 2.43. The summed E-state index contributed by atoms with van der Waals surface area (Å²) in [6.45, 7) is 4.38. The minimum Gasteiger partial charge on any atom is -0.327 e. The van der Waals surface area contributed by atoms with Gasteiger partial charge in [0.25, 0.3) is 0 Å². The number of hydrogen-bond donors (Lipinski definition) is 2. The first-order chi connectivity index (χ1) is 9.54. The molecular formula is C13H17ClN4OS. The second-order valence-electron chi connectivity index (χ2n) is 4.47. The van der Waals surface area contributed by atoms with Gasteiger partial charge in [0, 0.05) is 17.6 Å². The average molecular weight is 313 g/mol. The Morgan fingerprint density at radius 1 is 1.50 bits per heavy atom. The van der Waals surface area contributed by atoms with Crippen LogP contribution in [-0.4, -0.2) is 20.8 Å². The zero-order chi connectivity index (χ0) is 14.7. The molecule has 0 aliphatic rings. The molecule has 108 valence electrons. The lowest BCUT2D eigenvalue weighted by Crippen LogP contribution is -2.24. The Hall–Kier alpha value is -1.24. The highest BCUT2D eigenvalue weighted by atomic mass is 35.5. The van der Waals surface area contributed by atoms with Gasteiger partial charge in [-0.15, -0.1) is 5.10 Å². The molecule has 2 atom stereocenters. The number of nitrogens with one attached hydrogen (secondary N) is 1. The summed E-state index contributed by atoms with van der Waals surface area (Å²) in [5.74, 6) is 0. The van der Waals surface area contributed by atoms with E-state index < -0.39 is 0 Å². The summed E-state index contributed by atoms with van der Waals surface area (Å²) in [5.41, 5.74) is 6.82. The molecule has 1 aromatic carbocycles. The Kier molecular flexibility index (Phi) is 4.91. The van der Waals surface area contributed by atoms with E-state index in [9.17, 15) is 4.79 Å². The third kappa shape index (κ3) is 3.08. The molecule has 1 heterocycles. The zero-order valence-corrected chi connectivity index (χ0v) is 12.9. The van der Waals surface area contributed by atoms with Gasteiger partial charge >= 0.3 is 5.69 Å². The minimum absolute atomic E-state index is 0.0656. The van der Waals surface area contributed by atoms with E-state index in [1.807, 2.05) is 38.1 Å². The fourth-order valence-corrected chi connectivity index (χ4v) is 3.48. The highest BCUT2D eigenvalue weighted by Gasteiger charge is 2.23. The largest absolute Gasteiger partial charge is 0.343 e. The van der Waals surface area contributed by atoms with Crippen molar-refractivity contribution in [2.75, 3.05) is 0 Å². The first-order valence-corrected chi connectivity index (χ1v) is 7.62. The van der Waals surface area contributed by atoms with Crippen molar-refractivity contribution in [3.63, 3.8) is 0 Å². The van der Waals surface area contributed by atoms with Crippen molar-refractivity contribution in [3.8, 4) is 0 Å². The van der Waals surface area contributed by atoms with Gasteiger partial charge in [-0.3, -0.25) is 4.57 Å². The molecule has 3 N–H and O–H groups in total. The number of aromatic amines is 1. The van der Waals surface area contributed by atoms with Crippen molar-refractivity contribution < 1.29 is 0 Å². The van der Waals surface area contributed by atoms with Crippen LogP contribution >= 0.6 is 23.4 Å². The van der Waals surface area contributed by atoms with Gasteiger partial charge in [-0.25, -0.2) is 9.89 Å². The SMILES string of the molecule is CCn1c(SC(c2ccccc2Cl)C(C)N)n[nH]c1=O. The summed E-state index contributed by atoms with van der Waals surface area (Å²) in [5, 5.41) is 7.74. The molecule has 1 aromatic heterocycles. The molecule has 0 bridgehead atoms. The lowest BCUT2D eigenvalue weighted by molar-refractivity contribution is 0.652. The van der Waals surface area contributed by atoms with E-state index in [1.54, 1.807) is 4.57 Å². The molecule has 0 fully saturated rings. The van der Waals surface area contributed by atoms with E-state index in [4.69, 9.17) is 17.3 Å². The maximum atomic E-state index is 11.6. The molecule has 20 heavy (non-hydrogen) atoms. The number of rotatable bonds is 5. The van der Waals surface area contributed by atoms with E-state index in [2.05, 4.69) is 10.2 Å². The Labute approximate surface area is 126 Å². The zero-order valence-electron chi connectivity index (χ0n) is 11.3. The van der Waals surface area contributed by atoms with Gasteiger partial charge in [-0.2, -0.15) is 0 Å². The molecule has 0 saturated heterocycles. The maximum Gasteiger partial charge on any atom is 0.343 e. The molecule has 0 radical (unpaired) electrons. The van der Waals surface area contributed by atoms with Crippen LogP contribution < -0.4 is 11.4 Å². The summed E-state index contributed by atoms with van der Waals surface area (Å²) in [7, 11) is 0. The summed E-state index contributed by atoms with van der Waals surface area (Å²) in [4.78, 5) is 11.6. The number of thioether (sulfide) groups is 1. The molecule has 0 aliphatic heterocycles. The Balaban J connectivity index is 2.36. The highest BCUT2D eigenvalue weighted by Crippen LogP contribution is 2.38. The summed E-state index contributed by atoms with van der Waals surface area (Å²) >= 11 is 7.69. The van der Waals surface area contributed by atoms with Crippen molar-refractivity contribution in [2.24, 2.45) is 5.73 Å². The van der Waals surface area contributed by atoms with Gasteiger partial charge < -0.3 is 5.73 Å². The number of nitrogens with two attached hydrogens (primary N) is 1. The number of H-pyrrole nitrogens is 1. The number of halogens is 1. The summed E-state index contributed by atoms with van der Waals surface area (Å²) < 4.78 is 1.58. The van der Waals surface area contributed by atoms with Crippen LogP contribution in [0.2, 0.25) is 5.02 Å². The topological polar surface area (TPSA) is 76.7 Å². The number of aromatic nitrogens is 3. The first-order valence-electron chi connectivity index (χ1n) is 6.36. The molecule has 2 unspecified atom stereocenters. The van der Waals surface area contributed by atoms with Crippen LogP contribution in [0.4, 0.5) is 0 Å². The van der Waals surface area contributed by atoms with Gasteiger partial charge in [0.15, 0.2) is 5.16 Å². The van der Waals surface area contributed by atoms with Crippen LogP contribution in [-0.2, 0) is 6.54 Å². The maximum absolute atomic E-state index is 11.6. The van der Waals surface area contributed by atoms with Crippen molar-refractivity contribution in [1.29, 1.82) is 0 Å². The van der Waals surface area contributed by atoms with Crippen molar-refractivity contribution >= 4 is 23.4 Å². The van der Waals surface area contributed by atoms with Crippen LogP contribution in [0.15, 0.2) is 34.2 Å². The molecule has 7 heteroatoms. The predicted molar refractivity (Wildman–Crippen MR) is 82.2 cm³/mol. The lowest BCUT2D eigenvalue weighted by Gasteiger charge is -2.21. The van der Waals surface area contributed by atoms with Gasteiger partial charge in [-0.05, 0) is 25.5 Å². The standard InChI is InChI=1S/C13H17ClN4OS/c1-3-18-12(19)16-17-13(18)20-11(8(2)15)9-6-4-5-7-10(9)14/h4-8,11H,3,15H2,1-2H3,(H,16,19). The fraction of sp³-hybridized carbons (Fsp3) is 0.385. The lowest BCUT2D eigenvalue weighted by atomic mass is 10.1. The molecule has 2 aromatic rings. The van der Waals surface area contributed by atoms with Gasteiger partial charge in [-0.1, -0.05) is 41.6 Å². The molecule has 2 rings (SSSR count). The average Bonchev–Trinajstić information content (AvgIpc) is 2.77. The van der Waals surface area contributed by atoms with E-state index in [0.717, 1.165) is 5.56 Å². The Bertz CT molecular complexity index is 637. The normalized spacial score (nSPS) is 14.2. The van der Waals surface area contributed by atoms with Crippen molar-refractivity contribution in [3.05, 3.63) is 45.3 Å². The number of hydrogen-bond acceptors (Lipinski definition) is 4. The second kappa shape index (κ2) is 6.47. The summed E-state index contributed by atoms with van der Waals surface area (Å²) in [6, 6.07) is 7.46. The third-order valence-electron chi connectivity index (χ3n) is 2.96. The minimum atomic E-state index is -0.211. The van der Waals surface area contributed by atoms with Crippen molar-refractivity contribution in [2.45, 2.75) is 36.8 Å². The van der Waals surface area contributed by atoms with Crippen molar-refractivity contribution in [1.82, 2.24) is 14.8 Å². The van der Waals surface area contributed by atoms with E-state index in [-0.39, 0.29) is 17.0 Å². The summed E-state index contributed by atoms with van der Waals surface area (Å²) in [6.07, 6.45) is 0. The van der Waals surface area contributed by atoms with Gasteiger partial charge in [0.1, 0.15) is 0 Å². The Morgan fingerprint density at radius 2 is 2.20 bits per heavy atom. The smallest absolute Gasteiger partial charge is 0.327 e. The van der Waals surface area contributed by atoms with E-state index in [0.29, 0.717) is 16.7 Å². The second-order valence-corrected chi connectivity index (χ2v) is 5.99. The highest BCUT2D eigenvalue weighted by molar-refractivity contribution is 7.99. The fourth-order valence-electron chi connectivity index (χ4n) is 1.95. The van der Waals surface area contributed by atoms with Crippen LogP contribution in [0.5, 0.6) is 0 Å². The first kappa shape index (κ1) is 15.2. The van der Waals surface area contributed by atoms with Crippen LogP contribution in [0.1, 0.15) is 24.7 Å². The van der Waals surface area contributed by atoms with Crippen LogP contribution in [0.3, 0.4) is 0 Å². The third-order valence-corrected chi connectivity index (χ3v) is 4.77. The number of nitrogens with zero attached hydrogens (tertiary/aromatic N) is 2. The molecular weight excluding hydrogens is 296 g/mol. The van der Waals surface area contributed by atoms with Crippen LogP contribution in [0, 0.1) is 0 Å². The molecule has 0 amide bonds. The molecule has 0 aliphatic carbocycles. The monoisotopic (exact) mass is 312 g/mol. The molecule has 0 spiro atoms. The van der Waals surface area contributed by atoms with Gasteiger partial charge in [0.05, 0.1) is 5.25 Å². The molecule has 5 nitrogen and oxygen atoms in total. The van der Waals surface area contributed by atoms with E-state index >= 15 is 0 Å².